The molecule has 1 saturated heterocycles. The van der Waals surface area contributed by atoms with Crippen LogP contribution in [0.4, 0.5) is 0 Å². The number of nitrogens with zero attached hydrogens (tertiary/aromatic N) is 3. The monoisotopic (exact) mass is 429 g/mol. The lowest BCUT2D eigenvalue weighted by Gasteiger charge is -2.25. The molecule has 1 aromatic carbocycles. The van der Waals surface area contributed by atoms with Crippen LogP contribution in [0.1, 0.15) is 29.6 Å². The summed E-state index contributed by atoms with van der Waals surface area (Å²) in [7, 11) is 0. The fourth-order valence-corrected chi connectivity index (χ4v) is 5.67. The van der Waals surface area contributed by atoms with E-state index in [4.69, 9.17) is 31.0 Å². The van der Waals surface area contributed by atoms with Crippen LogP contribution in [0.25, 0.3) is 10.2 Å². The molecule has 0 spiro atoms. The van der Waals surface area contributed by atoms with E-state index < -0.39 is 0 Å². The number of morpholine rings is 1. The summed E-state index contributed by atoms with van der Waals surface area (Å²) in [5.74, 6) is 2.89. The molecule has 1 aliphatic carbocycles. The third kappa shape index (κ3) is 4.12. The number of hydrogen-bond acceptors (Lipinski definition) is 6. The number of hydrogen-bond donors (Lipinski definition) is 0. The van der Waals surface area contributed by atoms with E-state index in [1.54, 1.807) is 0 Å². The minimum atomic E-state index is 0.655. The van der Waals surface area contributed by atoms with Gasteiger partial charge in [0.05, 0.1) is 25.1 Å². The van der Waals surface area contributed by atoms with E-state index in [1.165, 1.54) is 16.9 Å². The first-order valence-electron chi connectivity index (χ1n) is 10.2. The predicted octanol–water partition coefficient (Wildman–Crippen LogP) is 5.09. The Morgan fingerprint density at radius 3 is 2.97 bits per heavy atom. The minimum Gasteiger partial charge on any atom is -0.438 e. The number of aryl methyl sites for hydroxylation is 1. The van der Waals surface area contributed by atoms with E-state index in [9.17, 15) is 0 Å². The second-order valence-corrected chi connectivity index (χ2v) is 9.44. The quantitative estimate of drug-likeness (QED) is 0.577. The zero-order valence-corrected chi connectivity index (χ0v) is 18.1. The Labute approximate surface area is 179 Å². The van der Waals surface area contributed by atoms with Crippen LogP contribution < -0.4 is 4.74 Å². The van der Waals surface area contributed by atoms with Crippen molar-refractivity contribution in [1.29, 1.82) is 0 Å². The lowest BCUT2D eigenvalue weighted by Crippen LogP contribution is -2.36. The van der Waals surface area contributed by atoms with Gasteiger partial charge >= 0.3 is 0 Å². The molecule has 3 heterocycles. The molecular formula is C22H24ClN3O2S. The number of fused-ring (bicyclic) bond motifs is 3. The van der Waals surface area contributed by atoms with Crippen LogP contribution in [0.2, 0.25) is 5.02 Å². The normalized spacial score (nSPS) is 20.0. The summed E-state index contributed by atoms with van der Waals surface area (Å²) in [6, 6.07) is 7.50. The first-order valence-corrected chi connectivity index (χ1v) is 11.4. The van der Waals surface area contributed by atoms with Crippen LogP contribution in [0.3, 0.4) is 0 Å². The van der Waals surface area contributed by atoms with Gasteiger partial charge in [0.25, 0.3) is 0 Å². The molecule has 0 N–H and O–H groups in total. The van der Waals surface area contributed by atoms with E-state index in [0.29, 0.717) is 29.1 Å². The predicted molar refractivity (Wildman–Crippen MR) is 116 cm³/mol. The van der Waals surface area contributed by atoms with Crippen molar-refractivity contribution in [1.82, 2.24) is 14.9 Å². The zero-order chi connectivity index (χ0) is 19.8. The van der Waals surface area contributed by atoms with Crippen molar-refractivity contribution in [3.63, 3.8) is 0 Å². The zero-order valence-electron chi connectivity index (χ0n) is 16.5. The van der Waals surface area contributed by atoms with Crippen LogP contribution in [-0.2, 0) is 24.1 Å². The summed E-state index contributed by atoms with van der Waals surface area (Å²) in [4.78, 5) is 14.6. The molecule has 0 unspecified atom stereocenters. The van der Waals surface area contributed by atoms with Crippen molar-refractivity contribution in [2.45, 2.75) is 32.7 Å². The summed E-state index contributed by atoms with van der Waals surface area (Å²) in [5.41, 5.74) is 1.37. The highest BCUT2D eigenvalue weighted by Gasteiger charge is 2.25. The van der Waals surface area contributed by atoms with Crippen LogP contribution in [-0.4, -0.2) is 41.2 Å². The molecule has 0 amide bonds. The molecule has 152 valence electrons. The Balaban J connectivity index is 1.56. The van der Waals surface area contributed by atoms with Gasteiger partial charge in [0, 0.05) is 23.0 Å². The van der Waals surface area contributed by atoms with Gasteiger partial charge < -0.3 is 9.47 Å². The van der Waals surface area contributed by atoms with Gasteiger partial charge in [-0.05, 0) is 48.9 Å². The molecule has 1 fully saturated rings. The van der Waals surface area contributed by atoms with Gasteiger partial charge in [-0.15, -0.1) is 11.3 Å². The highest BCUT2D eigenvalue weighted by molar-refractivity contribution is 7.18. The van der Waals surface area contributed by atoms with Crippen molar-refractivity contribution in [3.8, 4) is 11.6 Å². The van der Waals surface area contributed by atoms with E-state index in [0.717, 1.165) is 55.2 Å². The first kappa shape index (κ1) is 19.2. The number of thiophene rings is 1. The smallest absolute Gasteiger partial charge is 0.231 e. The summed E-state index contributed by atoms with van der Waals surface area (Å²) < 4.78 is 11.8. The fourth-order valence-electron chi connectivity index (χ4n) is 4.10. The molecule has 1 atom stereocenters. The number of benzene rings is 1. The molecule has 7 heteroatoms. The van der Waals surface area contributed by atoms with Crippen LogP contribution >= 0.6 is 22.9 Å². The maximum atomic E-state index is 6.28. The summed E-state index contributed by atoms with van der Waals surface area (Å²) in [6.45, 7) is 6.38. The second kappa shape index (κ2) is 8.19. The molecule has 5 rings (SSSR count). The van der Waals surface area contributed by atoms with E-state index in [2.05, 4.69) is 11.8 Å². The lowest BCUT2D eigenvalue weighted by atomic mass is 9.89. The Morgan fingerprint density at radius 2 is 2.14 bits per heavy atom. The largest absolute Gasteiger partial charge is 0.438 e. The van der Waals surface area contributed by atoms with Crippen molar-refractivity contribution < 1.29 is 9.47 Å². The molecule has 0 bridgehead atoms. The molecule has 0 radical (unpaired) electrons. The maximum Gasteiger partial charge on any atom is 0.231 e. The average molecular weight is 430 g/mol. The van der Waals surface area contributed by atoms with E-state index >= 15 is 0 Å². The molecule has 3 aromatic rings. The Morgan fingerprint density at radius 1 is 1.28 bits per heavy atom. The third-order valence-corrected chi connectivity index (χ3v) is 7.03. The Hall–Kier alpha value is -1.73. The van der Waals surface area contributed by atoms with Crippen LogP contribution in [0, 0.1) is 5.92 Å². The fraction of sp³-hybridized carbons (Fsp3) is 0.455. The van der Waals surface area contributed by atoms with Gasteiger partial charge in [-0.2, -0.15) is 4.98 Å². The highest BCUT2D eigenvalue weighted by atomic mass is 35.5. The van der Waals surface area contributed by atoms with Gasteiger partial charge in [-0.25, -0.2) is 4.98 Å². The van der Waals surface area contributed by atoms with Crippen molar-refractivity contribution >= 4 is 33.2 Å². The third-order valence-electron chi connectivity index (χ3n) is 5.65. The lowest BCUT2D eigenvalue weighted by molar-refractivity contribution is 0.0330. The topological polar surface area (TPSA) is 47.5 Å². The van der Waals surface area contributed by atoms with Gasteiger partial charge in [0.15, 0.2) is 0 Å². The SMILES string of the molecule is C[C@@H]1CCc2c(sc3nc(CN4CCOCC4)nc(Oc4cccc(Cl)c4)c23)C1. The molecule has 5 nitrogen and oxygen atoms in total. The number of aromatic nitrogens is 2. The Kier molecular flexibility index (Phi) is 5.43. The van der Waals surface area contributed by atoms with Gasteiger partial charge in [-0.3, -0.25) is 4.90 Å². The first-order chi connectivity index (χ1) is 14.2. The van der Waals surface area contributed by atoms with Gasteiger partial charge in [0.2, 0.25) is 5.88 Å². The molecule has 2 aromatic heterocycles. The number of rotatable bonds is 4. The van der Waals surface area contributed by atoms with Crippen LogP contribution in [0.15, 0.2) is 24.3 Å². The minimum absolute atomic E-state index is 0.655. The summed E-state index contributed by atoms with van der Waals surface area (Å²) in [6.07, 6.45) is 3.38. The molecule has 1 aliphatic heterocycles. The molecular weight excluding hydrogens is 406 g/mol. The highest BCUT2D eigenvalue weighted by Crippen LogP contribution is 2.42. The van der Waals surface area contributed by atoms with Gasteiger partial charge in [0.1, 0.15) is 16.4 Å². The van der Waals surface area contributed by atoms with E-state index in [1.807, 2.05) is 35.6 Å². The average Bonchev–Trinajstić information content (AvgIpc) is 3.06. The maximum absolute atomic E-state index is 6.28. The summed E-state index contributed by atoms with van der Waals surface area (Å²) in [5, 5.41) is 1.74. The van der Waals surface area contributed by atoms with Crippen molar-refractivity contribution in [3.05, 3.63) is 45.6 Å². The van der Waals surface area contributed by atoms with Crippen molar-refractivity contribution in [2.24, 2.45) is 5.92 Å². The summed E-state index contributed by atoms with van der Waals surface area (Å²) >= 11 is 7.98. The molecule has 29 heavy (non-hydrogen) atoms. The van der Waals surface area contributed by atoms with E-state index in [-0.39, 0.29) is 0 Å². The Bertz CT molecular complexity index is 1030. The molecule has 2 aliphatic rings. The van der Waals surface area contributed by atoms with Gasteiger partial charge in [-0.1, -0.05) is 24.6 Å². The number of ether oxygens (including phenoxy) is 2. The standard InChI is InChI=1S/C22H24ClN3O2S/c1-14-5-6-17-18(11-14)29-22-20(17)21(28-16-4-2-3-15(23)12-16)24-19(25-22)13-26-7-9-27-10-8-26/h2-4,12,14H,5-11,13H2,1H3/t14-/m1/s1. The van der Waals surface area contributed by atoms with Crippen molar-refractivity contribution in [2.75, 3.05) is 26.3 Å². The molecule has 0 saturated carbocycles. The second-order valence-electron chi connectivity index (χ2n) is 7.92. The number of halogens is 1. The van der Waals surface area contributed by atoms with Crippen LogP contribution in [0.5, 0.6) is 11.6 Å².